The van der Waals surface area contributed by atoms with Gasteiger partial charge in [-0.25, -0.2) is 0 Å². The molecular weight excluding hydrogens is 128 g/mol. The van der Waals surface area contributed by atoms with Crippen LogP contribution in [-0.2, 0) is 8.85 Å². The fourth-order valence-corrected chi connectivity index (χ4v) is 0.741. The SMILES string of the molecule is CCO[Si](O)(O)OC. The molecular formula is C3H10O4Si. The van der Waals surface area contributed by atoms with Gasteiger partial charge in [0.15, 0.2) is 0 Å². The highest BCUT2D eigenvalue weighted by Crippen LogP contribution is 1.93. The lowest BCUT2D eigenvalue weighted by Gasteiger charge is -2.11. The molecule has 8 heavy (non-hydrogen) atoms. The third-order valence-electron chi connectivity index (χ3n) is 0.598. The Morgan fingerprint density at radius 2 is 2.00 bits per heavy atom. The molecule has 5 heteroatoms. The van der Waals surface area contributed by atoms with Crippen molar-refractivity contribution in [3.05, 3.63) is 0 Å². The largest absolute Gasteiger partial charge is 0.673 e. The molecule has 50 valence electrons. The van der Waals surface area contributed by atoms with E-state index < -0.39 is 9.05 Å². The van der Waals surface area contributed by atoms with Crippen molar-refractivity contribution < 1.29 is 18.4 Å². The first-order chi connectivity index (χ1) is 3.62. The van der Waals surface area contributed by atoms with Gasteiger partial charge in [0.25, 0.3) is 0 Å². The van der Waals surface area contributed by atoms with E-state index in [9.17, 15) is 0 Å². The summed E-state index contributed by atoms with van der Waals surface area (Å²) in [5.41, 5.74) is 0. The summed E-state index contributed by atoms with van der Waals surface area (Å²) in [6, 6.07) is 0. The van der Waals surface area contributed by atoms with Gasteiger partial charge >= 0.3 is 9.05 Å². The Balaban J connectivity index is 3.37. The predicted octanol–water partition coefficient (Wildman–Crippen LogP) is -0.911. The maximum absolute atomic E-state index is 8.57. The van der Waals surface area contributed by atoms with Crippen LogP contribution in [0, 0.1) is 0 Å². The van der Waals surface area contributed by atoms with Crippen molar-refractivity contribution in [3.63, 3.8) is 0 Å². The molecule has 0 aliphatic rings. The number of rotatable bonds is 3. The Kier molecular flexibility index (Phi) is 3.18. The van der Waals surface area contributed by atoms with Crippen LogP contribution in [-0.4, -0.2) is 32.4 Å². The van der Waals surface area contributed by atoms with E-state index >= 15 is 0 Å². The van der Waals surface area contributed by atoms with E-state index in [1.54, 1.807) is 6.92 Å². The van der Waals surface area contributed by atoms with Gasteiger partial charge in [-0.3, -0.25) is 0 Å². The van der Waals surface area contributed by atoms with Crippen LogP contribution in [0.4, 0.5) is 0 Å². The molecule has 0 aliphatic carbocycles. The highest BCUT2D eigenvalue weighted by atomic mass is 28.4. The van der Waals surface area contributed by atoms with Crippen molar-refractivity contribution in [2.45, 2.75) is 6.92 Å². The average Bonchev–Trinajstić information content (AvgIpc) is 1.67. The van der Waals surface area contributed by atoms with Crippen molar-refractivity contribution in [1.29, 1.82) is 0 Å². The molecule has 0 saturated heterocycles. The van der Waals surface area contributed by atoms with E-state index in [0.717, 1.165) is 0 Å². The predicted molar refractivity (Wildman–Crippen MR) is 28.8 cm³/mol. The van der Waals surface area contributed by atoms with E-state index in [0.29, 0.717) is 0 Å². The van der Waals surface area contributed by atoms with E-state index in [-0.39, 0.29) is 6.61 Å². The summed E-state index contributed by atoms with van der Waals surface area (Å²) in [5.74, 6) is 0. The fraction of sp³-hybridized carbons (Fsp3) is 1.00. The van der Waals surface area contributed by atoms with Crippen LogP contribution in [0.5, 0.6) is 0 Å². The summed E-state index contributed by atoms with van der Waals surface area (Å²) in [5, 5.41) is 0. The van der Waals surface area contributed by atoms with Gasteiger partial charge in [0, 0.05) is 13.7 Å². The third kappa shape index (κ3) is 3.11. The van der Waals surface area contributed by atoms with E-state index in [2.05, 4.69) is 8.85 Å². The van der Waals surface area contributed by atoms with Gasteiger partial charge in [-0.15, -0.1) is 0 Å². The molecule has 0 bridgehead atoms. The fourth-order valence-electron chi connectivity index (χ4n) is 0.247. The van der Waals surface area contributed by atoms with Crippen molar-refractivity contribution >= 4 is 9.05 Å². The molecule has 2 N–H and O–H groups in total. The van der Waals surface area contributed by atoms with Gasteiger partial charge in [-0.1, -0.05) is 0 Å². The first-order valence-corrected chi connectivity index (χ1v) is 3.97. The molecule has 0 saturated carbocycles. The third-order valence-corrected chi connectivity index (χ3v) is 1.79. The highest BCUT2D eigenvalue weighted by Gasteiger charge is 2.33. The highest BCUT2D eigenvalue weighted by molar-refractivity contribution is 6.50. The first kappa shape index (κ1) is 8.06. The molecule has 0 aliphatic heterocycles. The molecule has 0 rings (SSSR count). The van der Waals surface area contributed by atoms with Gasteiger partial charge in [0.2, 0.25) is 0 Å². The Morgan fingerprint density at radius 3 is 2.12 bits per heavy atom. The molecule has 0 aromatic rings. The second kappa shape index (κ2) is 3.16. The molecule has 0 fully saturated rings. The Morgan fingerprint density at radius 1 is 1.50 bits per heavy atom. The van der Waals surface area contributed by atoms with Gasteiger partial charge < -0.3 is 18.4 Å². The standard InChI is InChI=1S/C3H10O4Si/c1-3-7-8(4,5)6-2/h4-5H,3H2,1-2H3. The van der Waals surface area contributed by atoms with Crippen molar-refractivity contribution in [2.75, 3.05) is 13.7 Å². The van der Waals surface area contributed by atoms with Crippen LogP contribution >= 0.6 is 0 Å². The number of hydrogen-bond acceptors (Lipinski definition) is 4. The van der Waals surface area contributed by atoms with Crippen LogP contribution < -0.4 is 0 Å². The van der Waals surface area contributed by atoms with Gasteiger partial charge in [0.1, 0.15) is 0 Å². The zero-order valence-corrected chi connectivity index (χ0v) is 5.92. The lowest BCUT2D eigenvalue weighted by atomic mass is 10.9. The molecule has 0 atom stereocenters. The number of hydrogen-bond donors (Lipinski definition) is 2. The van der Waals surface area contributed by atoms with Crippen LogP contribution in [0.3, 0.4) is 0 Å². The quantitative estimate of drug-likeness (QED) is 0.496. The summed E-state index contributed by atoms with van der Waals surface area (Å²) >= 11 is 0. The van der Waals surface area contributed by atoms with E-state index in [1.807, 2.05) is 0 Å². The first-order valence-electron chi connectivity index (χ1n) is 2.26. The summed E-state index contributed by atoms with van der Waals surface area (Å²) in [7, 11) is -2.48. The Labute approximate surface area is 49.2 Å². The molecule has 0 amide bonds. The zero-order valence-electron chi connectivity index (χ0n) is 4.92. The second-order valence-electron chi connectivity index (χ2n) is 1.19. The maximum Gasteiger partial charge on any atom is 0.673 e. The average molecular weight is 138 g/mol. The summed E-state index contributed by atoms with van der Waals surface area (Å²) < 4.78 is 8.61. The van der Waals surface area contributed by atoms with Crippen molar-refractivity contribution in [3.8, 4) is 0 Å². The normalized spacial score (nSPS) is 12.0. The lowest BCUT2D eigenvalue weighted by Crippen LogP contribution is -2.41. The van der Waals surface area contributed by atoms with Crippen LogP contribution in [0.25, 0.3) is 0 Å². The molecule has 0 radical (unpaired) electrons. The summed E-state index contributed by atoms with van der Waals surface area (Å²) in [4.78, 5) is 17.1. The van der Waals surface area contributed by atoms with E-state index in [4.69, 9.17) is 9.59 Å². The molecule has 0 unspecified atom stereocenters. The summed E-state index contributed by atoms with van der Waals surface area (Å²) in [6.07, 6.45) is 0. The van der Waals surface area contributed by atoms with Gasteiger partial charge in [-0.05, 0) is 6.92 Å². The maximum atomic E-state index is 8.57. The van der Waals surface area contributed by atoms with Crippen LogP contribution in [0.15, 0.2) is 0 Å². The molecule has 0 aromatic heterocycles. The lowest BCUT2D eigenvalue weighted by molar-refractivity contribution is 0.0468. The Bertz CT molecular complexity index is 64.3. The minimum absolute atomic E-state index is 0.257. The van der Waals surface area contributed by atoms with Crippen LogP contribution in [0.1, 0.15) is 6.92 Å². The minimum atomic E-state index is -3.68. The monoisotopic (exact) mass is 138 g/mol. The second-order valence-corrected chi connectivity index (χ2v) is 2.98. The van der Waals surface area contributed by atoms with Crippen molar-refractivity contribution in [2.24, 2.45) is 0 Å². The zero-order chi connectivity index (χ0) is 6.62. The minimum Gasteiger partial charge on any atom is -0.367 e. The topological polar surface area (TPSA) is 58.9 Å². The molecule has 0 spiro atoms. The van der Waals surface area contributed by atoms with Crippen LogP contribution in [0.2, 0.25) is 0 Å². The van der Waals surface area contributed by atoms with Gasteiger partial charge in [0.05, 0.1) is 0 Å². The Hall–Kier alpha value is 0.0569. The van der Waals surface area contributed by atoms with E-state index in [1.165, 1.54) is 7.11 Å². The van der Waals surface area contributed by atoms with Crippen molar-refractivity contribution in [1.82, 2.24) is 0 Å². The molecule has 0 aromatic carbocycles. The molecule has 0 heterocycles. The smallest absolute Gasteiger partial charge is 0.367 e. The van der Waals surface area contributed by atoms with Gasteiger partial charge in [-0.2, -0.15) is 0 Å². The summed E-state index contributed by atoms with van der Waals surface area (Å²) in [6.45, 7) is 1.92. The molecule has 4 nitrogen and oxygen atoms in total.